The highest BCUT2D eigenvalue weighted by atomic mass is 32.2. The van der Waals surface area contributed by atoms with Gasteiger partial charge in [0.25, 0.3) is 0 Å². The number of benzene rings is 2. The van der Waals surface area contributed by atoms with Gasteiger partial charge in [-0.25, -0.2) is 8.42 Å². The molecule has 0 unspecified atom stereocenters. The number of amides is 1. The molecule has 0 aliphatic carbocycles. The first-order chi connectivity index (χ1) is 14.2. The van der Waals surface area contributed by atoms with E-state index in [4.69, 9.17) is 4.74 Å². The van der Waals surface area contributed by atoms with Gasteiger partial charge in [0, 0.05) is 24.5 Å². The van der Waals surface area contributed by atoms with E-state index < -0.39 is 10.0 Å². The average molecular weight is 432 g/mol. The third kappa shape index (κ3) is 5.59. The van der Waals surface area contributed by atoms with Crippen molar-refractivity contribution in [3.63, 3.8) is 0 Å². The molecule has 0 spiro atoms. The molecule has 2 aromatic carbocycles. The second kappa shape index (κ2) is 9.16. The highest BCUT2D eigenvalue weighted by Gasteiger charge is 2.26. The van der Waals surface area contributed by atoms with Crippen molar-refractivity contribution in [1.29, 1.82) is 0 Å². The van der Waals surface area contributed by atoms with Crippen LogP contribution in [0.3, 0.4) is 0 Å². The first-order valence-electron chi connectivity index (χ1n) is 9.98. The molecule has 0 radical (unpaired) electrons. The topological polar surface area (TPSA) is 87.7 Å². The predicted octanol–water partition coefficient (Wildman–Crippen LogP) is 3.06. The van der Waals surface area contributed by atoms with Crippen LogP contribution in [0.25, 0.3) is 0 Å². The van der Waals surface area contributed by atoms with Gasteiger partial charge in [-0.15, -0.1) is 0 Å². The summed E-state index contributed by atoms with van der Waals surface area (Å²) in [4.78, 5) is 12.5. The van der Waals surface area contributed by atoms with Gasteiger partial charge in [-0.3, -0.25) is 4.79 Å². The number of nitrogens with zero attached hydrogens (tertiary/aromatic N) is 1. The molecule has 1 fully saturated rings. The van der Waals surface area contributed by atoms with Crippen LogP contribution in [-0.4, -0.2) is 51.5 Å². The van der Waals surface area contributed by atoms with E-state index in [9.17, 15) is 13.2 Å². The summed E-state index contributed by atoms with van der Waals surface area (Å²) in [6, 6.07) is 14.3. The first-order valence-corrected chi connectivity index (χ1v) is 11.4. The SMILES string of the molecule is CC(C)(C)c1ccc(NC(=O)CNc2cccc(S(=O)(=O)N3CCOCC3)c2)cc1. The van der Waals surface area contributed by atoms with Gasteiger partial charge in [-0.05, 0) is 41.3 Å². The molecule has 162 valence electrons. The zero-order chi connectivity index (χ0) is 21.8. The number of morpholine rings is 1. The van der Waals surface area contributed by atoms with Crippen LogP contribution in [0.4, 0.5) is 11.4 Å². The Morgan fingerprint density at radius 2 is 1.70 bits per heavy atom. The lowest BCUT2D eigenvalue weighted by Gasteiger charge is -2.26. The van der Waals surface area contributed by atoms with E-state index in [2.05, 4.69) is 31.4 Å². The second-order valence-corrected chi connectivity index (χ2v) is 10.2. The molecule has 1 aliphatic rings. The van der Waals surface area contributed by atoms with E-state index in [-0.39, 0.29) is 22.8 Å². The Labute approximate surface area is 178 Å². The van der Waals surface area contributed by atoms with Crippen molar-refractivity contribution in [2.75, 3.05) is 43.5 Å². The smallest absolute Gasteiger partial charge is 0.243 e. The van der Waals surface area contributed by atoms with Gasteiger partial charge in [-0.1, -0.05) is 39.0 Å². The fourth-order valence-electron chi connectivity index (χ4n) is 3.14. The van der Waals surface area contributed by atoms with Crippen molar-refractivity contribution in [2.45, 2.75) is 31.1 Å². The maximum atomic E-state index is 12.8. The number of rotatable bonds is 6. The normalized spacial score (nSPS) is 15.6. The minimum Gasteiger partial charge on any atom is -0.379 e. The standard InChI is InChI=1S/C22H29N3O4S/c1-22(2,3)17-7-9-18(10-8-17)24-21(26)16-23-19-5-4-6-20(15-19)30(27,28)25-11-13-29-14-12-25/h4-10,15,23H,11-14,16H2,1-3H3,(H,24,26). The molecule has 1 amide bonds. The largest absolute Gasteiger partial charge is 0.379 e. The summed E-state index contributed by atoms with van der Waals surface area (Å²) in [6.07, 6.45) is 0. The van der Waals surface area contributed by atoms with E-state index >= 15 is 0 Å². The predicted molar refractivity (Wildman–Crippen MR) is 118 cm³/mol. The molecule has 1 saturated heterocycles. The maximum absolute atomic E-state index is 12.8. The number of nitrogens with one attached hydrogen (secondary N) is 2. The van der Waals surface area contributed by atoms with Gasteiger partial charge >= 0.3 is 0 Å². The van der Waals surface area contributed by atoms with Crippen molar-refractivity contribution >= 4 is 27.3 Å². The van der Waals surface area contributed by atoms with Crippen LogP contribution in [0, 0.1) is 0 Å². The molecule has 2 aromatic rings. The Morgan fingerprint density at radius 3 is 2.33 bits per heavy atom. The summed E-state index contributed by atoms with van der Waals surface area (Å²) in [7, 11) is -3.58. The molecule has 1 aliphatic heterocycles. The van der Waals surface area contributed by atoms with E-state index in [0.717, 1.165) is 5.69 Å². The first kappa shape index (κ1) is 22.3. The number of sulfonamides is 1. The fraction of sp³-hybridized carbons (Fsp3) is 0.409. The minimum absolute atomic E-state index is 0.0298. The van der Waals surface area contributed by atoms with Crippen LogP contribution >= 0.6 is 0 Å². The molecule has 8 heteroatoms. The van der Waals surface area contributed by atoms with Gasteiger partial charge in [0.05, 0.1) is 24.7 Å². The maximum Gasteiger partial charge on any atom is 0.243 e. The lowest BCUT2D eigenvalue weighted by atomic mass is 9.87. The van der Waals surface area contributed by atoms with Crippen LogP contribution in [0.15, 0.2) is 53.4 Å². The van der Waals surface area contributed by atoms with Crippen molar-refractivity contribution in [2.24, 2.45) is 0 Å². The van der Waals surface area contributed by atoms with Gasteiger partial charge < -0.3 is 15.4 Å². The number of anilines is 2. The molecule has 30 heavy (non-hydrogen) atoms. The van der Waals surface area contributed by atoms with E-state index in [1.165, 1.54) is 9.87 Å². The fourth-order valence-corrected chi connectivity index (χ4v) is 4.60. The monoisotopic (exact) mass is 431 g/mol. The summed E-state index contributed by atoms with van der Waals surface area (Å²) in [5.41, 5.74) is 2.54. The van der Waals surface area contributed by atoms with Crippen LogP contribution < -0.4 is 10.6 Å². The molecule has 1 heterocycles. The lowest BCUT2D eigenvalue weighted by Crippen LogP contribution is -2.40. The molecule has 0 saturated carbocycles. The van der Waals surface area contributed by atoms with Gasteiger partial charge in [0.2, 0.25) is 15.9 Å². The van der Waals surface area contributed by atoms with Crippen LogP contribution in [0.2, 0.25) is 0 Å². The number of hydrogen-bond donors (Lipinski definition) is 2. The summed E-state index contributed by atoms with van der Waals surface area (Å²) in [5.74, 6) is -0.208. The lowest BCUT2D eigenvalue weighted by molar-refractivity contribution is -0.114. The molecule has 3 rings (SSSR count). The van der Waals surface area contributed by atoms with Crippen LogP contribution in [0.5, 0.6) is 0 Å². The number of hydrogen-bond acceptors (Lipinski definition) is 5. The quantitative estimate of drug-likeness (QED) is 0.734. The molecule has 7 nitrogen and oxygen atoms in total. The molecular formula is C22H29N3O4S. The van der Waals surface area contributed by atoms with Crippen molar-refractivity contribution in [1.82, 2.24) is 4.31 Å². The number of ether oxygens (including phenoxy) is 1. The summed E-state index contributed by atoms with van der Waals surface area (Å²) >= 11 is 0. The van der Waals surface area contributed by atoms with E-state index in [1.807, 2.05) is 24.3 Å². The molecule has 0 bridgehead atoms. The van der Waals surface area contributed by atoms with Gasteiger partial charge in [-0.2, -0.15) is 4.31 Å². The third-order valence-corrected chi connectivity index (χ3v) is 6.82. The highest BCUT2D eigenvalue weighted by Crippen LogP contribution is 2.24. The Bertz CT molecular complexity index is 976. The molecular weight excluding hydrogens is 402 g/mol. The Balaban J connectivity index is 1.59. The molecule has 2 N–H and O–H groups in total. The summed E-state index contributed by atoms with van der Waals surface area (Å²) in [5, 5.41) is 5.84. The molecule has 0 atom stereocenters. The van der Waals surface area contributed by atoms with Gasteiger partial charge in [0.15, 0.2) is 0 Å². The number of carbonyl (C=O) groups excluding carboxylic acids is 1. The second-order valence-electron chi connectivity index (χ2n) is 8.27. The van der Waals surface area contributed by atoms with Crippen molar-refractivity contribution in [3.8, 4) is 0 Å². The minimum atomic E-state index is -3.58. The molecule has 0 aromatic heterocycles. The Hall–Kier alpha value is -2.42. The third-order valence-electron chi connectivity index (χ3n) is 4.93. The van der Waals surface area contributed by atoms with Crippen LogP contribution in [0.1, 0.15) is 26.3 Å². The summed E-state index contributed by atoms with van der Waals surface area (Å²) in [6.45, 7) is 7.92. The Kier molecular flexibility index (Phi) is 6.80. The van der Waals surface area contributed by atoms with E-state index in [1.54, 1.807) is 24.3 Å². The highest BCUT2D eigenvalue weighted by molar-refractivity contribution is 7.89. The van der Waals surface area contributed by atoms with Crippen molar-refractivity contribution in [3.05, 3.63) is 54.1 Å². The summed E-state index contributed by atoms with van der Waals surface area (Å²) < 4.78 is 32.2. The van der Waals surface area contributed by atoms with E-state index in [0.29, 0.717) is 32.0 Å². The average Bonchev–Trinajstić information content (AvgIpc) is 2.73. The number of carbonyl (C=O) groups is 1. The Morgan fingerprint density at radius 1 is 1.03 bits per heavy atom. The van der Waals surface area contributed by atoms with Crippen LogP contribution in [-0.2, 0) is 25.0 Å². The van der Waals surface area contributed by atoms with Gasteiger partial charge in [0.1, 0.15) is 0 Å². The zero-order valence-corrected chi connectivity index (χ0v) is 18.5. The zero-order valence-electron chi connectivity index (χ0n) is 17.6. The van der Waals surface area contributed by atoms with Crippen molar-refractivity contribution < 1.29 is 17.9 Å².